The summed E-state index contributed by atoms with van der Waals surface area (Å²) in [4.78, 5) is 27.7. The maximum atomic E-state index is 12.4. The number of nitrogens with zero attached hydrogens (tertiary/aromatic N) is 1. The number of amides is 2. The number of carbonyl (C=O) groups excluding carboxylic acids is 2. The van der Waals surface area contributed by atoms with Crippen LogP contribution in [0.4, 0.5) is 5.69 Å². The zero-order valence-electron chi connectivity index (χ0n) is 14.6. The summed E-state index contributed by atoms with van der Waals surface area (Å²) in [5, 5.41) is 8.66. The normalized spacial score (nSPS) is 10.4. The molecule has 2 aromatic carbocycles. The van der Waals surface area contributed by atoms with Crippen molar-refractivity contribution in [2.24, 2.45) is 0 Å². The van der Waals surface area contributed by atoms with Gasteiger partial charge in [-0.3, -0.25) is 9.59 Å². The molecule has 3 aromatic rings. The zero-order chi connectivity index (χ0) is 18.5. The van der Waals surface area contributed by atoms with Crippen LogP contribution < -0.4 is 10.6 Å². The van der Waals surface area contributed by atoms with Gasteiger partial charge in [0.2, 0.25) is 5.91 Å². The molecule has 1 heterocycles. The van der Waals surface area contributed by atoms with Crippen molar-refractivity contribution in [2.75, 3.05) is 5.32 Å². The van der Waals surface area contributed by atoms with E-state index < -0.39 is 0 Å². The highest BCUT2D eigenvalue weighted by molar-refractivity contribution is 7.09. The highest BCUT2D eigenvalue weighted by atomic mass is 32.1. The predicted molar refractivity (Wildman–Crippen MR) is 104 cm³/mol. The summed E-state index contributed by atoms with van der Waals surface area (Å²) in [6.07, 6.45) is 0. The van der Waals surface area contributed by atoms with Gasteiger partial charge in [0, 0.05) is 35.7 Å². The highest BCUT2D eigenvalue weighted by Crippen LogP contribution is 2.23. The summed E-state index contributed by atoms with van der Waals surface area (Å²) in [7, 11) is 0. The Morgan fingerprint density at radius 1 is 1.04 bits per heavy atom. The van der Waals surface area contributed by atoms with Crippen LogP contribution in [0, 0.1) is 6.92 Å². The first kappa shape index (κ1) is 17.8. The standard InChI is InChI=1S/C20H19N3O2S/c1-13(24)21-11-15-3-5-17(6-4-15)20(25)23-18-9-7-16(8-10-18)19-12-26-14(2)22-19/h3-10,12H,11H2,1-2H3,(H,21,24)(H,23,25). The van der Waals surface area contributed by atoms with Gasteiger partial charge in [0.1, 0.15) is 0 Å². The Balaban J connectivity index is 1.63. The molecular formula is C20H19N3O2S. The number of hydrogen-bond acceptors (Lipinski definition) is 4. The number of aryl methyl sites for hydroxylation is 1. The van der Waals surface area contributed by atoms with E-state index in [4.69, 9.17) is 0 Å². The summed E-state index contributed by atoms with van der Waals surface area (Å²) < 4.78 is 0. The molecule has 0 spiro atoms. The monoisotopic (exact) mass is 365 g/mol. The van der Waals surface area contributed by atoms with E-state index in [0.717, 1.165) is 27.5 Å². The van der Waals surface area contributed by atoms with Crippen LogP contribution in [0.3, 0.4) is 0 Å². The Bertz CT molecular complexity index is 915. The lowest BCUT2D eigenvalue weighted by molar-refractivity contribution is -0.119. The van der Waals surface area contributed by atoms with Gasteiger partial charge in [-0.2, -0.15) is 0 Å². The Labute approximate surface area is 156 Å². The highest BCUT2D eigenvalue weighted by Gasteiger charge is 2.07. The van der Waals surface area contributed by atoms with Crippen LogP contribution in [0.2, 0.25) is 0 Å². The molecule has 0 saturated heterocycles. The summed E-state index contributed by atoms with van der Waals surface area (Å²) in [6, 6.07) is 14.8. The largest absolute Gasteiger partial charge is 0.352 e. The van der Waals surface area contributed by atoms with Gasteiger partial charge in [0.05, 0.1) is 10.7 Å². The average Bonchev–Trinajstić information content (AvgIpc) is 3.07. The number of aromatic nitrogens is 1. The van der Waals surface area contributed by atoms with Gasteiger partial charge in [0.15, 0.2) is 0 Å². The van der Waals surface area contributed by atoms with Crippen molar-refractivity contribution >= 4 is 28.8 Å². The number of thiazole rings is 1. The van der Waals surface area contributed by atoms with Crippen molar-refractivity contribution < 1.29 is 9.59 Å². The summed E-state index contributed by atoms with van der Waals surface area (Å²) in [6.45, 7) is 3.90. The van der Waals surface area contributed by atoms with E-state index in [1.54, 1.807) is 23.5 Å². The molecule has 2 N–H and O–H groups in total. The van der Waals surface area contributed by atoms with Crippen molar-refractivity contribution in [3.8, 4) is 11.3 Å². The van der Waals surface area contributed by atoms with Crippen LogP contribution in [0.5, 0.6) is 0 Å². The SMILES string of the molecule is CC(=O)NCc1ccc(C(=O)Nc2ccc(-c3csc(C)n3)cc2)cc1. The first-order chi connectivity index (χ1) is 12.5. The van der Waals surface area contributed by atoms with Crippen molar-refractivity contribution in [3.05, 3.63) is 70.0 Å². The zero-order valence-corrected chi connectivity index (χ0v) is 15.4. The van der Waals surface area contributed by atoms with Crippen molar-refractivity contribution in [3.63, 3.8) is 0 Å². The van der Waals surface area contributed by atoms with E-state index in [2.05, 4.69) is 15.6 Å². The summed E-state index contributed by atoms with van der Waals surface area (Å²) >= 11 is 1.61. The second kappa shape index (κ2) is 7.93. The summed E-state index contributed by atoms with van der Waals surface area (Å²) in [5.41, 5.74) is 4.21. The molecule has 0 aliphatic heterocycles. The fourth-order valence-electron chi connectivity index (χ4n) is 2.42. The molecule has 0 fully saturated rings. The van der Waals surface area contributed by atoms with Gasteiger partial charge in [0.25, 0.3) is 5.91 Å². The number of rotatable bonds is 5. The minimum Gasteiger partial charge on any atom is -0.352 e. The molecule has 6 heteroatoms. The van der Waals surface area contributed by atoms with E-state index in [0.29, 0.717) is 12.1 Å². The van der Waals surface area contributed by atoms with Crippen molar-refractivity contribution in [1.82, 2.24) is 10.3 Å². The molecule has 0 unspecified atom stereocenters. The van der Waals surface area contributed by atoms with Crippen LogP contribution in [-0.2, 0) is 11.3 Å². The number of nitrogens with one attached hydrogen (secondary N) is 2. The Morgan fingerprint density at radius 3 is 2.31 bits per heavy atom. The van der Waals surface area contributed by atoms with Gasteiger partial charge in [-0.1, -0.05) is 24.3 Å². The molecule has 0 radical (unpaired) electrons. The molecule has 26 heavy (non-hydrogen) atoms. The van der Waals surface area contributed by atoms with Gasteiger partial charge in [-0.15, -0.1) is 11.3 Å². The lowest BCUT2D eigenvalue weighted by Gasteiger charge is -2.07. The number of hydrogen-bond donors (Lipinski definition) is 2. The van der Waals surface area contributed by atoms with E-state index in [1.807, 2.05) is 48.7 Å². The van der Waals surface area contributed by atoms with E-state index >= 15 is 0 Å². The van der Waals surface area contributed by atoms with E-state index in [1.165, 1.54) is 6.92 Å². The topological polar surface area (TPSA) is 71.1 Å². The number of benzene rings is 2. The molecule has 3 rings (SSSR count). The summed E-state index contributed by atoms with van der Waals surface area (Å²) in [5.74, 6) is -0.253. The lowest BCUT2D eigenvalue weighted by atomic mass is 10.1. The quantitative estimate of drug-likeness (QED) is 0.718. The van der Waals surface area contributed by atoms with E-state index in [9.17, 15) is 9.59 Å². The van der Waals surface area contributed by atoms with Crippen LogP contribution in [0.25, 0.3) is 11.3 Å². The second-order valence-corrected chi connectivity index (χ2v) is 6.95. The lowest BCUT2D eigenvalue weighted by Crippen LogP contribution is -2.19. The maximum absolute atomic E-state index is 12.4. The predicted octanol–water partition coefficient (Wildman–Crippen LogP) is 4.01. The Hall–Kier alpha value is -2.99. The number of anilines is 1. The molecular weight excluding hydrogens is 346 g/mol. The fraction of sp³-hybridized carbons (Fsp3) is 0.150. The Kier molecular flexibility index (Phi) is 5.43. The van der Waals surface area contributed by atoms with Crippen LogP contribution >= 0.6 is 11.3 Å². The minimum absolute atomic E-state index is 0.0805. The molecule has 5 nitrogen and oxygen atoms in total. The van der Waals surface area contributed by atoms with Crippen molar-refractivity contribution in [2.45, 2.75) is 20.4 Å². The minimum atomic E-state index is -0.173. The third kappa shape index (κ3) is 4.55. The third-order valence-corrected chi connectivity index (χ3v) is 4.59. The molecule has 0 atom stereocenters. The second-order valence-electron chi connectivity index (χ2n) is 5.89. The first-order valence-electron chi connectivity index (χ1n) is 8.18. The molecule has 0 saturated carbocycles. The molecule has 2 amide bonds. The molecule has 0 aliphatic rings. The average molecular weight is 365 g/mol. The molecule has 0 bridgehead atoms. The van der Waals surface area contributed by atoms with Gasteiger partial charge in [-0.05, 0) is 36.8 Å². The van der Waals surface area contributed by atoms with Crippen molar-refractivity contribution in [1.29, 1.82) is 0 Å². The van der Waals surface area contributed by atoms with Gasteiger partial charge < -0.3 is 10.6 Å². The van der Waals surface area contributed by atoms with Gasteiger partial charge >= 0.3 is 0 Å². The fourth-order valence-corrected chi connectivity index (χ4v) is 3.05. The first-order valence-corrected chi connectivity index (χ1v) is 9.06. The molecule has 132 valence electrons. The maximum Gasteiger partial charge on any atom is 0.255 e. The molecule has 1 aromatic heterocycles. The smallest absolute Gasteiger partial charge is 0.255 e. The molecule has 0 aliphatic carbocycles. The Morgan fingerprint density at radius 2 is 1.73 bits per heavy atom. The van der Waals surface area contributed by atoms with E-state index in [-0.39, 0.29) is 11.8 Å². The van der Waals surface area contributed by atoms with Crippen LogP contribution in [0.15, 0.2) is 53.9 Å². The van der Waals surface area contributed by atoms with Gasteiger partial charge in [-0.25, -0.2) is 4.98 Å². The van der Waals surface area contributed by atoms with Crippen LogP contribution in [0.1, 0.15) is 27.9 Å². The van der Waals surface area contributed by atoms with Crippen LogP contribution in [-0.4, -0.2) is 16.8 Å². The third-order valence-electron chi connectivity index (χ3n) is 3.82. The number of carbonyl (C=O) groups is 2.